The van der Waals surface area contributed by atoms with Gasteiger partial charge in [-0.25, -0.2) is 13.1 Å². The lowest BCUT2D eigenvalue weighted by molar-refractivity contribution is -0.127. The first-order chi connectivity index (χ1) is 10.5. The summed E-state index contributed by atoms with van der Waals surface area (Å²) < 4.78 is 26.9. The molecule has 0 aliphatic carbocycles. The third-order valence-corrected chi connectivity index (χ3v) is 5.32. The van der Waals surface area contributed by atoms with Crippen molar-refractivity contribution in [2.75, 3.05) is 19.6 Å². The number of nitrogens with zero attached hydrogens (tertiary/aromatic N) is 1. The molecule has 2 rings (SSSR count). The number of benzene rings is 1. The maximum Gasteiger partial charge on any atom is 0.240 e. The maximum atomic E-state index is 12.2. The Morgan fingerprint density at radius 2 is 1.95 bits per heavy atom. The number of aryl methyl sites for hydroxylation is 1. The van der Waals surface area contributed by atoms with Crippen molar-refractivity contribution in [1.82, 2.24) is 9.62 Å². The van der Waals surface area contributed by atoms with Crippen molar-refractivity contribution < 1.29 is 13.2 Å². The summed E-state index contributed by atoms with van der Waals surface area (Å²) in [6.07, 6.45) is 4.17. The summed E-state index contributed by atoms with van der Waals surface area (Å²) in [6.45, 7) is 3.86. The number of nitrogens with one attached hydrogen (secondary N) is 1. The van der Waals surface area contributed by atoms with Crippen LogP contribution in [0.4, 0.5) is 0 Å². The Morgan fingerprint density at radius 1 is 1.23 bits per heavy atom. The van der Waals surface area contributed by atoms with Crippen LogP contribution in [0.3, 0.4) is 0 Å². The summed E-state index contributed by atoms with van der Waals surface area (Å²) in [4.78, 5) is 13.6. The molecular formula is C16H24N2O3S. The van der Waals surface area contributed by atoms with Crippen LogP contribution in [-0.2, 0) is 21.2 Å². The average molecular weight is 324 g/mol. The minimum absolute atomic E-state index is 0.175. The topological polar surface area (TPSA) is 66.5 Å². The van der Waals surface area contributed by atoms with Crippen LogP contribution < -0.4 is 4.72 Å². The zero-order chi connectivity index (χ0) is 16.0. The highest BCUT2D eigenvalue weighted by molar-refractivity contribution is 7.89. The standard InChI is InChI=1S/C16H24N2O3S/c1-2-5-14-7-9-15(10-8-14)22(20,21)17-11-4-13-18-12-3-6-16(18)19/h7-10,17H,2-6,11-13H2,1H3. The fraction of sp³-hybridized carbons (Fsp3) is 0.562. The molecule has 0 radical (unpaired) electrons. The molecule has 1 aliphatic heterocycles. The molecule has 0 saturated carbocycles. The van der Waals surface area contributed by atoms with Crippen LogP contribution in [0.25, 0.3) is 0 Å². The summed E-state index contributed by atoms with van der Waals surface area (Å²) in [5.41, 5.74) is 1.15. The second-order valence-corrected chi connectivity index (χ2v) is 7.40. The fourth-order valence-electron chi connectivity index (χ4n) is 2.62. The molecule has 22 heavy (non-hydrogen) atoms. The molecule has 1 aliphatic rings. The van der Waals surface area contributed by atoms with Crippen LogP contribution in [-0.4, -0.2) is 38.9 Å². The van der Waals surface area contributed by atoms with Gasteiger partial charge in [-0.3, -0.25) is 4.79 Å². The molecule has 0 spiro atoms. The molecule has 5 nitrogen and oxygen atoms in total. The highest BCUT2D eigenvalue weighted by Crippen LogP contribution is 2.12. The van der Waals surface area contributed by atoms with E-state index in [4.69, 9.17) is 0 Å². The molecule has 1 N–H and O–H groups in total. The lowest BCUT2D eigenvalue weighted by atomic mass is 10.1. The Kier molecular flexibility index (Phi) is 5.97. The van der Waals surface area contributed by atoms with Crippen molar-refractivity contribution in [3.8, 4) is 0 Å². The van der Waals surface area contributed by atoms with Crippen LogP contribution in [0.1, 0.15) is 38.2 Å². The molecule has 0 aromatic heterocycles. The predicted octanol–water partition coefficient (Wildman–Crippen LogP) is 1.93. The van der Waals surface area contributed by atoms with E-state index < -0.39 is 10.0 Å². The zero-order valence-electron chi connectivity index (χ0n) is 13.0. The van der Waals surface area contributed by atoms with Crippen LogP contribution in [0.5, 0.6) is 0 Å². The number of likely N-dealkylation sites (tertiary alicyclic amines) is 1. The van der Waals surface area contributed by atoms with Gasteiger partial charge in [-0.2, -0.15) is 0 Å². The minimum Gasteiger partial charge on any atom is -0.343 e. The third kappa shape index (κ3) is 4.55. The van der Waals surface area contributed by atoms with Gasteiger partial charge in [-0.05, 0) is 37.0 Å². The van der Waals surface area contributed by atoms with E-state index in [9.17, 15) is 13.2 Å². The maximum absolute atomic E-state index is 12.2. The summed E-state index contributed by atoms with van der Waals surface area (Å²) in [5.74, 6) is 0.175. The van der Waals surface area contributed by atoms with Crippen molar-refractivity contribution in [3.05, 3.63) is 29.8 Å². The van der Waals surface area contributed by atoms with Gasteiger partial charge in [-0.1, -0.05) is 25.5 Å². The number of rotatable bonds is 8. The number of amides is 1. The predicted molar refractivity (Wildman–Crippen MR) is 86.1 cm³/mol. The van der Waals surface area contributed by atoms with Crippen LogP contribution in [0, 0.1) is 0 Å². The molecule has 1 fully saturated rings. The summed E-state index contributed by atoms with van der Waals surface area (Å²) >= 11 is 0. The van der Waals surface area contributed by atoms with E-state index in [0.717, 1.165) is 31.4 Å². The molecule has 0 bridgehead atoms. The summed E-state index contributed by atoms with van der Waals surface area (Å²) in [5, 5.41) is 0. The third-order valence-electron chi connectivity index (χ3n) is 3.84. The monoisotopic (exact) mass is 324 g/mol. The second-order valence-electron chi connectivity index (χ2n) is 5.63. The molecule has 6 heteroatoms. The fourth-order valence-corrected chi connectivity index (χ4v) is 3.70. The van der Waals surface area contributed by atoms with Gasteiger partial charge in [0.05, 0.1) is 4.90 Å². The summed E-state index contributed by atoms with van der Waals surface area (Å²) in [6, 6.07) is 7.02. The number of sulfonamides is 1. The Morgan fingerprint density at radius 3 is 2.55 bits per heavy atom. The molecular weight excluding hydrogens is 300 g/mol. The lowest BCUT2D eigenvalue weighted by Gasteiger charge is -2.15. The van der Waals surface area contributed by atoms with E-state index in [1.165, 1.54) is 0 Å². The normalized spacial score (nSPS) is 15.5. The van der Waals surface area contributed by atoms with E-state index in [2.05, 4.69) is 11.6 Å². The SMILES string of the molecule is CCCc1ccc(S(=O)(=O)NCCCN2CCCC2=O)cc1. The molecule has 1 aromatic rings. The highest BCUT2D eigenvalue weighted by Gasteiger charge is 2.19. The number of hydrogen-bond acceptors (Lipinski definition) is 3. The van der Waals surface area contributed by atoms with Crippen molar-refractivity contribution >= 4 is 15.9 Å². The largest absolute Gasteiger partial charge is 0.343 e. The molecule has 122 valence electrons. The van der Waals surface area contributed by atoms with E-state index in [1.54, 1.807) is 17.0 Å². The molecule has 1 heterocycles. The van der Waals surface area contributed by atoms with Gasteiger partial charge in [-0.15, -0.1) is 0 Å². The van der Waals surface area contributed by atoms with Crippen molar-refractivity contribution in [3.63, 3.8) is 0 Å². The molecule has 1 saturated heterocycles. The van der Waals surface area contributed by atoms with Crippen LogP contribution in [0.2, 0.25) is 0 Å². The lowest BCUT2D eigenvalue weighted by Crippen LogP contribution is -2.30. The van der Waals surface area contributed by atoms with Gasteiger partial charge in [0.2, 0.25) is 15.9 Å². The van der Waals surface area contributed by atoms with Crippen LogP contribution >= 0.6 is 0 Å². The molecule has 1 aromatic carbocycles. The first-order valence-corrected chi connectivity index (χ1v) is 9.37. The highest BCUT2D eigenvalue weighted by atomic mass is 32.2. The first kappa shape index (κ1) is 17.0. The zero-order valence-corrected chi connectivity index (χ0v) is 13.9. The van der Waals surface area contributed by atoms with Gasteiger partial charge in [0, 0.05) is 26.1 Å². The van der Waals surface area contributed by atoms with Gasteiger partial charge in [0.25, 0.3) is 0 Å². The van der Waals surface area contributed by atoms with Gasteiger partial charge >= 0.3 is 0 Å². The van der Waals surface area contributed by atoms with Gasteiger partial charge in [0.15, 0.2) is 0 Å². The van der Waals surface area contributed by atoms with Crippen LogP contribution in [0.15, 0.2) is 29.2 Å². The Hall–Kier alpha value is -1.40. The van der Waals surface area contributed by atoms with Crippen molar-refractivity contribution in [1.29, 1.82) is 0 Å². The summed E-state index contributed by atoms with van der Waals surface area (Å²) in [7, 11) is -3.45. The van der Waals surface area contributed by atoms with E-state index in [1.807, 2.05) is 12.1 Å². The quantitative estimate of drug-likeness (QED) is 0.743. The Labute approximate surface area is 132 Å². The van der Waals surface area contributed by atoms with Crippen molar-refractivity contribution in [2.45, 2.75) is 43.9 Å². The molecule has 0 atom stereocenters. The second kappa shape index (κ2) is 7.74. The number of hydrogen-bond donors (Lipinski definition) is 1. The van der Waals surface area contributed by atoms with E-state index in [-0.39, 0.29) is 5.91 Å². The average Bonchev–Trinajstić information content (AvgIpc) is 2.90. The van der Waals surface area contributed by atoms with Crippen molar-refractivity contribution in [2.24, 2.45) is 0 Å². The van der Waals surface area contributed by atoms with E-state index >= 15 is 0 Å². The minimum atomic E-state index is -3.45. The Bertz CT molecular complexity index is 596. The smallest absolute Gasteiger partial charge is 0.240 e. The van der Waals surface area contributed by atoms with Gasteiger partial charge < -0.3 is 4.90 Å². The Balaban J connectivity index is 1.81. The van der Waals surface area contributed by atoms with E-state index in [0.29, 0.717) is 30.8 Å². The van der Waals surface area contributed by atoms with Gasteiger partial charge in [0.1, 0.15) is 0 Å². The number of carbonyl (C=O) groups excluding carboxylic acids is 1. The molecule has 1 amide bonds. The first-order valence-electron chi connectivity index (χ1n) is 7.89. The number of carbonyl (C=O) groups is 1. The molecule has 0 unspecified atom stereocenters.